The van der Waals surface area contributed by atoms with E-state index in [1.165, 1.54) is 25.0 Å². The van der Waals surface area contributed by atoms with Crippen molar-refractivity contribution < 1.29 is 28.6 Å². The van der Waals surface area contributed by atoms with Crippen molar-refractivity contribution in [1.29, 1.82) is 0 Å². The molecule has 1 aromatic carbocycles. The number of hydrogen-bond donors (Lipinski definition) is 0. The highest BCUT2D eigenvalue weighted by Gasteiger charge is 2.59. The fourth-order valence-corrected chi connectivity index (χ4v) is 6.09. The third-order valence-corrected chi connectivity index (χ3v) is 7.30. The summed E-state index contributed by atoms with van der Waals surface area (Å²) in [4.78, 5) is 35.7. The number of carbonyl (C=O) groups is 3. The van der Waals surface area contributed by atoms with Gasteiger partial charge in [-0.2, -0.15) is 0 Å². The van der Waals surface area contributed by atoms with Gasteiger partial charge in [0.2, 0.25) is 0 Å². The van der Waals surface area contributed by atoms with Crippen molar-refractivity contribution in [2.24, 2.45) is 17.3 Å². The molecule has 2 saturated carbocycles. The summed E-state index contributed by atoms with van der Waals surface area (Å²) in [6.45, 7) is 4.87. The number of hydrogen-bond acceptors (Lipinski definition) is 6. The fourth-order valence-electron chi connectivity index (χ4n) is 6.09. The number of benzene rings is 1. The van der Waals surface area contributed by atoms with Crippen LogP contribution in [-0.4, -0.2) is 30.9 Å². The molecule has 29 heavy (non-hydrogen) atoms. The number of fused-ring (bicyclic) bond motifs is 5. The Bertz CT molecular complexity index is 874. The average Bonchev–Trinajstić information content (AvgIpc) is 2.91. The van der Waals surface area contributed by atoms with Crippen LogP contribution in [0.1, 0.15) is 63.5 Å². The van der Waals surface area contributed by atoms with Crippen LogP contribution in [0.3, 0.4) is 0 Å². The van der Waals surface area contributed by atoms with Gasteiger partial charge in [0.1, 0.15) is 0 Å². The van der Waals surface area contributed by atoms with Gasteiger partial charge in [-0.05, 0) is 66.7 Å². The van der Waals surface area contributed by atoms with Gasteiger partial charge in [-0.15, -0.1) is 0 Å². The second kappa shape index (κ2) is 7.15. The maximum atomic E-state index is 12.7. The Balaban J connectivity index is 1.67. The van der Waals surface area contributed by atoms with E-state index in [1.807, 2.05) is 12.1 Å². The third kappa shape index (κ3) is 3.22. The largest absolute Gasteiger partial charge is 0.493 e. The number of aryl methyl sites for hydroxylation is 1. The van der Waals surface area contributed by atoms with Gasteiger partial charge in [-0.3, -0.25) is 14.4 Å². The van der Waals surface area contributed by atoms with Gasteiger partial charge in [0.05, 0.1) is 7.11 Å². The summed E-state index contributed by atoms with van der Waals surface area (Å²) in [5.41, 5.74) is 2.13. The maximum absolute atomic E-state index is 12.7. The Morgan fingerprint density at radius 1 is 1.10 bits per heavy atom. The Morgan fingerprint density at radius 2 is 1.86 bits per heavy atom. The minimum absolute atomic E-state index is 0.0573. The van der Waals surface area contributed by atoms with E-state index in [0.29, 0.717) is 29.8 Å². The van der Waals surface area contributed by atoms with Crippen LogP contribution in [0.4, 0.5) is 0 Å². The molecule has 0 aliphatic heterocycles. The molecule has 0 amide bonds. The van der Waals surface area contributed by atoms with Gasteiger partial charge in [0, 0.05) is 25.7 Å². The van der Waals surface area contributed by atoms with Crippen LogP contribution in [0, 0.1) is 17.3 Å². The van der Waals surface area contributed by atoms with Gasteiger partial charge in [-0.1, -0.05) is 6.92 Å². The number of carbonyl (C=O) groups excluding carboxylic acids is 3. The van der Waals surface area contributed by atoms with Crippen LogP contribution in [0.25, 0.3) is 0 Å². The highest BCUT2D eigenvalue weighted by molar-refractivity contribution is 5.89. The molecule has 4 rings (SSSR count). The Labute approximate surface area is 170 Å². The van der Waals surface area contributed by atoms with Gasteiger partial charge in [0.15, 0.2) is 23.4 Å². The van der Waals surface area contributed by atoms with Gasteiger partial charge in [0.25, 0.3) is 0 Å². The number of methoxy groups -OCH3 is 1. The monoisotopic (exact) mass is 400 g/mol. The van der Waals surface area contributed by atoms with Gasteiger partial charge in [-0.25, -0.2) is 0 Å². The molecule has 0 N–H and O–H groups in total. The standard InChI is InChI=1S/C23H28O6/c1-12(24)28-21-9-14-5-6-16-15(17(14)10-20(21)27-4)7-8-23(3)18(16)11-19(26)22(23)29-13(2)25/h9-10,15-16,18,22H,5-8,11H2,1-4H3/t15-,16+,18-,22-,23-/m0/s1. The molecule has 0 saturated heterocycles. The maximum Gasteiger partial charge on any atom is 0.308 e. The smallest absolute Gasteiger partial charge is 0.308 e. The molecule has 6 heteroatoms. The van der Waals surface area contributed by atoms with Crippen molar-refractivity contribution in [3.8, 4) is 11.5 Å². The predicted octanol–water partition coefficient (Wildman–Crippen LogP) is 3.59. The number of ether oxygens (including phenoxy) is 3. The zero-order valence-corrected chi connectivity index (χ0v) is 17.4. The van der Waals surface area contributed by atoms with Crippen LogP contribution in [0.2, 0.25) is 0 Å². The van der Waals surface area contributed by atoms with Crippen molar-refractivity contribution in [3.63, 3.8) is 0 Å². The summed E-state index contributed by atoms with van der Waals surface area (Å²) in [5, 5.41) is 0. The number of ketones is 1. The molecule has 0 aromatic heterocycles. The van der Waals surface area contributed by atoms with Crippen LogP contribution < -0.4 is 9.47 Å². The molecule has 6 nitrogen and oxygen atoms in total. The molecule has 5 atom stereocenters. The molecule has 3 aliphatic rings. The highest BCUT2D eigenvalue weighted by atomic mass is 16.6. The molecule has 3 aliphatic carbocycles. The lowest BCUT2D eigenvalue weighted by Crippen LogP contribution is -2.45. The van der Waals surface area contributed by atoms with E-state index in [9.17, 15) is 14.4 Å². The number of rotatable bonds is 3. The van der Waals surface area contributed by atoms with Crippen molar-refractivity contribution in [1.82, 2.24) is 0 Å². The first-order valence-electron chi connectivity index (χ1n) is 10.3. The topological polar surface area (TPSA) is 78.9 Å². The van der Waals surface area contributed by atoms with Crippen molar-refractivity contribution in [3.05, 3.63) is 23.3 Å². The van der Waals surface area contributed by atoms with Crippen LogP contribution >= 0.6 is 0 Å². The average molecular weight is 400 g/mol. The normalized spacial score (nSPS) is 32.6. The van der Waals surface area contributed by atoms with E-state index in [2.05, 4.69) is 6.92 Å². The zero-order valence-electron chi connectivity index (χ0n) is 17.4. The van der Waals surface area contributed by atoms with Gasteiger partial charge < -0.3 is 14.2 Å². The van der Waals surface area contributed by atoms with E-state index >= 15 is 0 Å². The summed E-state index contributed by atoms with van der Waals surface area (Å²) in [6.07, 6.45) is 3.49. The first kappa shape index (κ1) is 19.9. The van der Waals surface area contributed by atoms with E-state index in [4.69, 9.17) is 14.2 Å². The zero-order chi connectivity index (χ0) is 20.9. The Morgan fingerprint density at radius 3 is 2.52 bits per heavy atom. The summed E-state index contributed by atoms with van der Waals surface area (Å²) < 4.78 is 16.3. The summed E-state index contributed by atoms with van der Waals surface area (Å²) >= 11 is 0. The second-order valence-corrected chi connectivity index (χ2v) is 8.92. The molecule has 2 fully saturated rings. The molecule has 1 aromatic rings. The lowest BCUT2D eigenvalue weighted by Gasteiger charge is -2.49. The molecule has 0 heterocycles. The van der Waals surface area contributed by atoms with Crippen molar-refractivity contribution in [2.45, 2.75) is 64.9 Å². The predicted molar refractivity (Wildman–Crippen MR) is 105 cm³/mol. The Kier molecular flexibility index (Phi) is 4.91. The van der Waals surface area contributed by atoms with Crippen LogP contribution in [-0.2, 0) is 25.5 Å². The quantitative estimate of drug-likeness (QED) is 0.570. The van der Waals surface area contributed by atoms with Crippen molar-refractivity contribution in [2.75, 3.05) is 7.11 Å². The number of esters is 2. The molecular formula is C23H28O6. The molecule has 0 bridgehead atoms. The first-order chi connectivity index (χ1) is 13.7. The van der Waals surface area contributed by atoms with E-state index in [0.717, 1.165) is 25.7 Å². The molecule has 156 valence electrons. The van der Waals surface area contributed by atoms with E-state index in [-0.39, 0.29) is 29.1 Å². The Hall–Kier alpha value is -2.37. The molecular weight excluding hydrogens is 372 g/mol. The lowest BCUT2D eigenvalue weighted by atomic mass is 9.55. The highest BCUT2D eigenvalue weighted by Crippen LogP contribution is 2.61. The molecule has 0 spiro atoms. The minimum Gasteiger partial charge on any atom is -0.493 e. The van der Waals surface area contributed by atoms with Crippen LogP contribution in [0.15, 0.2) is 12.1 Å². The molecule has 0 radical (unpaired) electrons. The fraction of sp³-hybridized carbons (Fsp3) is 0.609. The first-order valence-corrected chi connectivity index (χ1v) is 10.3. The number of Topliss-reactive ketones (excluding diaryl/α,β-unsaturated/α-hetero) is 1. The second-order valence-electron chi connectivity index (χ2n) is 8.92. The van der Waals surface area contributed by atoms with E-state index < -0.39 is 6.10 Å². The lowest BCUT2D eigenvalue weighted by molar-refractivity contribution is -0.159. The van der Waals surface area contributed by atoms with Crippen molar-refractivity contribution >= 4 is 17.7 Å². The minimum atomic E-state index is -0.617. The third-order valence-electron chi connectivity index (χ3n) is 7.30. The summed E-state index contributed by atoms with van der Waals surface area (Å²) in [6, 6.07) is 3.94. The van der Waals surface area contributed by atoms with Gasteiger partial charge >= 0.3 is 11.9 Å². The van der Waals surface area contributed by atoms with Crippen LogP contribution in [0.5, 0.6) is 11.5 Å². The summed E-state index contributed by atoms with van der Waals surface area (Å²) in [5.74, 6) is 1.25. The molecule has 0 unspecified atom stereocenters. The SMILES string of the molecule is COc1cc2c(cc1OC(C)=O)CC[C@@H]1[C@@H]2CC[C@]2(C)[C@@H](OC(C)=O)C(=O)C[C@@H]12. The summed E-state index contributed by atoms with van der Waals surface area (Å²) in [7, 11) is 1.58. The van der Waals surface area contributed by atoms with E-state index in [1.54, 1.807) is 7.11 Å².